The second-order valence-electron chi connectivity index (χ2n) is 33.6. The van der Waals surface area contributed by atoms with Gasteiger partial charge in [0.25, 0.3) is 0 Å². The molecule has 0 radical (unpaired) electrons. The Morgan fingerprint density at radius 2 is 0.552 bits per heavy atom. The summed E-state index contributed by atoms with van der Waals surface area (Å²) in [6.07, 6.45) is -3.11. The number of rotatable bonds is 5. The molecule has 15 aliphatic rings. The first-order valence-corrected chi connectivity index (χ1v) is 43.7. The molecule has 5 fully saturated rings. The van der Waals surface area contributed by atoms with Gasteiger partial charge in [0, 0.05) is 158 Å². The third kappa shape index (κ3) is 14.2. The summed E-state index contributed by atoms with van der Waals surface area (Å²) < 4.78 is 485. The minimum absolute atomic E-state index is 0.0545. The fraction of sp³-hybridized carbons (Fsp3) is 0.273. The number of likely N-dealkylation sites (N-methyl/N-ethyl adjacent to an activating group) is 5. The van der Waals surface area contributed by atoms with Crippen LogP contribution in [0.4, 0.5) is 0 Å². The van der Waals surface area contributed by atoms with E-state index in [2.05, 4.69) is 24.9 Å². The monoisotopic (exact) mass is 2000 g/mol. The number of nitrogens with one attached hydrogen (secondary N) is 5. The standard InChI is InChI=1S/5C22H19N3O4/c5*1-24-10-19(26)25-16(22(24)27)9-14-13-4-2-3-5-15(13)23-20(14)21(25)12-6-7-17-18(8-12)29-11-28-17/h5*2-8,16,21,23H,9-11H2,1H3/t5*16-,21-/m11111/s1/i2D,3D,4D,5D,6D,7D,8D,10D2,11D2,16D,21D;2D,3D,4D,5D,6D,7D,8D,10D2,16D,21D;1D3,2D,3D,4D,5D,10D2,16D,21D;6D,7D,8D,10D2,11D2,16D,21D;1D3,10D2,16D,21D. The maximum absolute atomic E-state index is 13.8. The SMILES string of the molecule is [2H]C([2H])([2H])N1C(=O)[C@@]2([2H])Cc3c([nH]c4ccccc34)[C@@]([2H])(c3ccc4c(c3)OCO4)N2C(=O)C1([2H])[2H].[2H]c1c([2H])c([2H])c2c3c([nH]c2c1[2H])[C@@]([2H])(c1ccc2c(c1)OCO2)N1C(=O)C([2H])([2H])N(C([2H])([2H])[2H])C(=O)[C@@]1([2H])C3.[2H]c1c([2H])c([C@]2([2H])c3[nH]c4c([2H])c([2H])c([2H])c([2H])c4c3C[C@]3([2H])C(=O)N(C)C([2H])([2H])C(=O)N23)c([2H])c2c1OC([2H])([2H])O2.[2H]c1c([2H])c([C@]2([2H])c3[nH]c4c([2H])c([2H])c([2H])c([2H])c4c3C[C@]3([2H])C(=O)N(C)C([2H])([2H])C(=O)N23)c([2H])c2c1OCO2.[2H]c1c([2H])c([C@]2([2H])c3[nH]c4ccccc4c3C[C@]3([2H])C(=O)N(C)C([2H])([2H])C(=O)N23)c([2H])c2c1OC([2H])([2H])O2. The number of amides is 10. The summed E-state index contributed by atoms with van der Waals surface area (Å²) >= 11 is 0. The smallest absolute Gasteiger partial charge is 0.245 e. The predicted molar refractivity (Wildman–Crippen MR) is 523 cm³/mol. The molecule has 145 heavy (non-hydrogen) atoms. The molecule has 5 N–H and O–H groups in total. The molecule has 15 aromatic rings. The Bertz CT molecular complexity index is 11100. The molecular formula is C110H95N15O20. The number of para-hydroxylation sites is 5. The van der Waals surface area contributed by atoms with E-state index in [1.54, 1.807) is 48.5 Å². The van der Waals surface area contributed by atoms with Gasteiger partial charge >= 0.3 is 0 Å². The highest BCUT2D eigenvalue weighted by Crippen LogP contribution is 2.53. The van der Waals surface area contributed by atoms with Gasteiger partial charge in [-0.05, 0) is 146 Å². The number of carbonyl (C=O) groups is 10. The van der Waals surface area contributed by atoms with Crippen molar-refractivity contribution in [2.75, 3.05) is 101 Å². The van der Waals surface area contributed by atoms with Crippen molar-refractivity contribution in [3.63, 3.8) is 0 Å². The minimum Gasteiger partial charge on any atom is -0.454 e. The maximum atomic E-state index is 13.8. The first-order valence-electron chi connectivity index (χ1n) is 69.2. The van der Waals surface area contributed by atoms with Crippen LogP contribution in [0, 0.1) is 0 Å². The molecule has 730 valence electrons. The Balaban J connectivity index is 0.000000115. The Labute approximate surface area is 898 Å². The summed E-state index contributed by atoms with van der Waals surface area (Å²) in [5.41, 5.74) is -2.58. The molecule has 20 heterocycles. The van der Waals surface area contributed by atoms with Gasteiger partial charge in [0.2, 0.25) is 92.9 Å². The Morgan fingerprint density at radius 3 is 0.903 bits per heavy atom. The molecule has 0 bridgehead atoms. The summed E-state index contributed by atoms with van der Waals surface area (Å²) in [6.45, 7) is -29.0. The van der Waals surface area contributed by atoms with E-state index in [0.29, 0.717) is 73.2 Å². The van der Waals surface area contributed by atoms with Crippen molar-refractivity contribution in [3.05, 3.63) is 296 Å². The average molecular weight is 2000 g/mol. The van der Waals surface area contributed by atoms with Crippen LogP contribution in [0.1, 0.15) is 184 Å². The lowest BCUT2D eigenvalue weighted by molar-refractivity contribution is -0.157. The lowest BCUT2D eigenvalue weighted by Crippen LogP contribution is -2.62. The van der Waals surface area contributed by atoms with E-state index in [1.165, 1.54) is 36.4 Å². The van der Waals surface area contributed by atoms with Gasteiger partial charge in [0.15, 0.2) is 57.5 Å². The highest BCUT2D eigenvalue weighted by atomic mass is 16.7. The number of aromatic amines is 5. The van der Waals surface area contributed by atoms with E-state index in [4.69, 9.17) is 104 Å². The van der Waals surface area contributed by atoms with Crippen LogP contribution < -0.4 is 47.4 Å². The second kappa shape index (κ2) is 33.9. The molecule has 35 heteroatoms. The van der Waals surface area contributed by atoms with Crippen LogP contribution in [-0.2, 0) is 80.0 Å². The van der Waals surface area contributed by atoms with Crippen molar-refractivity contribution in [2.24, 2.45) is 0 Å². The third-order valence-corrected chi connectivity index (χ3v) is 25.6. The van der Waals surface area contributed by atoms with Gasteiger partial charge in [0.05, 0.1) is 119 Å². The molecule has 0 unspecified atom stereocenters. The molecule has 10 aromatic carbocycles. The number of hydrogen-bond donors (Lipinski definition) is 5. The van der Waals surface area contributed by atoms with Crippen LogP contribution in [0.2, 0.25) is 0 Å². The summed E-state index contributed by atoms with van der Waals surface area (Å²) in [6, 6.07) is -19.5. The van der Waals surface area contributed by atoms with Gasteiger partial charge in [-0.25, -0.2) is 0 Å². The Hall–Kier alpha value is -17.4. The summed E-state index contributed by atoms with van der Waals surface area (Å²) in [5, 5.41) is 0.592. The number of benzene rings is 10. The van der Waals surface area contributed by atoms with E-state index >= 15 is 0 Å². The zero-order chi connectivity index (χ0) is 144. The first-order chi connectivity index (χ1) is 90.6. The Kier molecular flexibility index (Phi) is 11.5. The van der Waals surface area contributed by atoms with Gasteiger partial charge in [0.1, 0.15) is 35.6 Å². The fourth-order valence-corrected chi connectivity index (χ4v) is 19.3. The van der Waals surface area contributed by atoms with E-state index < -0.39 is 390 Å². The summed E-state index contributed by atoms with van der Waals surface area (Å²) in [4.78, 5) is 154. The summed E-state index contributed by atoms with van der Waals surface area (Å²) in [7, 11) is 2.96. The molecule has 10 amide bonds. The highest BCUT2D eigenvalue weighted by molar-refractivity contribution is 6.03. The first kappa shape index (κ1) is 49.3. The maximum Gasteiger partial charge on any atom is 0.245 e. The molecule has 5 aromatic heterocycles. The largest absolute Gasteiger partial charge is 0.454 e. The zero-order valence-electron chi connectivity index (χ0n) is 125. The number of H-pyrrole nitrogens is 5. The number of piperazine rings is 5. The highest BCUT2D eigenvalue weighted by Gasteiger charge is 2.55. The molecule has 0 spiro atoms. The number of fused-ring (bicyclic) bond motifs is 25. The predicted octanol–water partition coefficient (Wildman–Crippen LogP) is 11.1. The van der Waals surface area contributed by atoms with Crippen molar-refractivity contribution in [2.45, 2.75) is 92.3 Å². The third-order valence-electron chi connectivity index (χ3n) is 25.6. The van der Waals surface area contributed by atoms with Crippen molar-refractivity contribution >= 4 is 114 Å². The zero-order valence-corrected chi connectivity index (χ0v) is 74.4. The van der Waals surface area contributed by atoms with E-state index in [-0.39, 0.29) is 140 Å². The molecule has 35 nitrogen and oxygen atoms in total. The Morgan fingerprint density at radius 1 is 0.283 bits per heavy atom. The van der Waals surface area contributed by atoms with Crippen LogP contribution in [-0.4, -0.2) is 265 Å². The molecule has 0 saturated carbocycles. The van der Waals surface area contributed by atoms with Crippen LogP contribution >= 0.6 is 0 Å². The van der Waals surface area contributed by atoms with Gasteiger partial charge in [-0.1, -0.05) is 121 Å². The topological polar surface area (TPSA) is 374 Å². The molecule has 5 saturated heterocycles. The number of hydrogen-bond acceptors (Lipinski definition) is 20. The van der Waals surface area contributed by atoms with Gasteiger partial charge < -0.3 is 121 Å². The van der Waals surface area contributed by atoms with Crippen LogP contribution in [0.5, 0.6) is 57.5 Å². The number of aromatic nitrogens is 5. The van der Waals surface area contributed by atoms with Crippen molar-refractivity contribution < 1.29 is 165 Å². The number of nitrogens with zero attached hydrogens (tertiary/aromatic N) is 10. The lowest BCUT2D eigenvalue weighted by Gasteiger charge is -2.46. The van der Waals surface area contributed by atoms with Crippen LogP contribution in [0.15, 0.2) is 212 Å². The molecule has 10 atom stereocenters. The molecular weight excluding hydrogens is 1850 g/mol. The summed E-state index contributed by atoms with van der Waals surface area (Å²) in [5.74, 6) is -16.3. The van der Waals surface area contributed by atoms with Gasteiger partial charge in [-0.15, -0.1) is 0 Å². The van der Waals surface area contributed by atoms with E-state index in [9.17, 15) is 61.7 Å². The van der Waals surface area contributed by atoms with Gasteiger partial charge in [-0.2, -0.15) is 0 Å². The van der Waals surface area contributed by atoms with Crippen LogP contribution in [0.25, 0.3) is 54.5 Å². The fourth-order valence-electron chi connectivity index (χ4n) is 19.3. The minimum atomic E-state index is -3.48. The molecule has 30 rings (SSSR count). The van der Waals surface area contributed by atoms with E-state index in [0.717, 1.165) is 21.1 Å². The van der Waals surface area contributed by atoms with Crippen molar-refractivity contribution in [3.8, 4) is 57.5 Å². The van der Waals surface area contributed by atoms with E-state index in [1.807, 2.05) is 0 Å². The average Bonchev–Trinajstić information content (AvgIpc) is 1.47. The van der Waals surface area contributed by atoms with Crippen molar-refractivity contribution in [1.29, 1.82) is 0 Å². The normalized spacial score (nSPS) is 35.5. The second-order valence-corrected chi connectivity index (χ2v) is 33.6. The van der Waals surface area contributed by atoms with Gasteiger partial charge in [-0.3, -0.25) is 47.9 Å². The van der Waals surface area contributed by atoms with Crippen LogP contribution in [0.3, 0.4) is 0 Å². The lowest BCUT2D eigenvalue weighted by atomic mass is 9.86. The quantitative estimate of drug-likeness (QED) is 0.107. The number of ether oxygens (including phenoxy) is 10. The number of carbonyl (C=O) groups excluding carboxylic acids is 10. The molecule has 0 aliphatic carbocycles. The molecule has 15 aliphatic heterocycles. The van der Waals surface area contributed by atoms with Crippen molar-refractivity contribution in [1.82, 2.24) is 73.9 Å².